The Morgan fingerprint density at radius 1 is 1.54 bits per heavy atom. The van der Waals surface area contributed by atoms with Crippen molar-refractivity contribution < 1.29 is 4.79 Å². The van der Waals surface area contributed by atoms with Crippen LogP contribution < -0.4 is 0 Å². The molecule has 0 aliphatic heterocycles. The largest absolute Gasteiger partial charge is 0.293 e. The summed E-state index contributed by atoms with van der Waals surface area (Å²) in [5.74, 6) is 0.930. The van der Waals surface area contributed by atoms with Crippen molar-refractivity contribution in [3.05, 3.63) is 21.9 Å². The van der Waals surface area contributed by atoms with Crippen LogP contribution in [0.3, 0.4) is 0 Å². The fraction of sp³-hybridized carbons (Fsp3) is 0.545. The van der Waals surface area contributed by atoms with Crippen LogP contribution in [-0.2, 0) is 6.42 Å². The highest BCUT2D eigenvalue weighted by atomic mass is 32.1. The van der Waals surface area contributed by atoms with Gasteiger partial charge in [-0.3, -0.25) is 4.79 Å². The Morgan fingerprint density at radius 2 is 2.23 bits per heavy atom. The molecule has 2 heteroatoms. The second-order valence-corrected chi connectivity index (χ2v) is 4.61. The molecule has 0 unspecified atom stereocenters. The van der Waals surface area contributed by atoms with Crippen molar-refractivity contribution in [2.75, 3.05) is 0 Å². The van der Waals surface area contributed by atoms with Crippen LogP contribution in [0.15, 0.2) is 11.4 Å². The van der Waals surface area contributed by atoms with E-state index < -0.39 is 0 Å². The number of hydrogen-bond donors (Lipinski definition) is 0. The molecule has 0 N–H and O–H groups in total. The summed E-state index contributed by atoms with van der Waals surface area (Å²) in [6.07, 6.45) is 1.69. The highest BCUT2D eigenvalue weighted by Gasteiger charge is 2.07. The molecule has 1 heterocycles. The number of rotatable bonds is 4. The van der Waals surface area contributed by atoms with Gasteiger partial charge in [0.2, 0.25) is 0 Å². The summed E-state index contributed by atoms with van der Waals surface area (Å²) >= 11 is 1.57. The Bertz CT molecular complexity index is 286. The summed E-state index contributed by atoms with van der Waals surface area (Å²) in [7, 11) is 0. The maximum Gasteiger partial charge on any atom is 0.172 e. The van der Waals surface area contributed by atoms with E-state index in [0.29, 0.717) is 12.3 Å². The predicted molar refractivity (Wildman–Crippen MR) is 57.5 cm³/mol. The normalized spacial score (nSPS) is 10.8. The van der Waals surface area contributed by atoms with Crippen molar-refractivity contribution in [2.45, 2.75) is 33.6 Å². The highest BCUT2D eigenvalue weighted by molar-refractivity contribution is 7.12. The van der Waals surface area contributed by atoms with Crippen LogP contribution in [0.2, 0.25) is 0 Å². The predicted octanol–water partition coefficient (Wildman–Crippen LogP) is 3.54. The van der Waals surface area contributed by atoms with E-state index in [1.54, 1.807) is 11.3 Å². The van der Waals surface area contributed by atoms with Crippen LogP contribution in [0.25, 0.3) is 0 Å². The molecule has 72 valence electrons. The lowest BCUT2D eigenvalue weighted by molar-refractivity contribution is 0.0992. The smallest absolute Gasteiger partial charge is 0.172 e. The second kappa shape index (κ2) is 4.56. The monoisotopic (exact) mass is 196 g/mol. The quantitative estimate of drug-likeness (QED) is 0.673. The summed E-state index contributed by atoms with van der Waals surface area (Å²) < 4.78 is 0. The Balaban J connectivity index is 2.69. The number of carbonyl (C=O) groups excluding carboxylic acids is 1. The van der Waals surface area contributed by atoms with E-state index in [-0.39, 0.29) is 5.78 Å². The Hall–Kier alpha value is -0.630. The molecule has 0 aliphatic rings. The number of thiophene rings is 1. The van der Waals surface area contributed by atoms with Gasteiger partial charge in [0, 0.05) is 6.42 Å². The molecule has 0 radical (unpaired) electrons. The summed E-state index contributed by atoms with van der Waals surface area (Å²) in [6, 6.07) is 2.04. The highest BCUT2D eigenvalue weighted by Crippen LogP contribution is 2.19. The van der Waals surface area contributed by atoms with Gasteiger partial charge >= 0.3 is 0 Å². The molecule has 1 rings (SSSR count). The van der Waals surface area contributed by atoms with Crippen molar-refractivity contribution in [1.29, 1.82) is 0 Å². The first-order valence-corrected chi connectivity index (χ1v) is 5.62. The van der Waals surface area contributed by atoms with Crippen LogP contribution in [-0.4, -0.2) is 5.78 Å². The second-order valence-electron chi connectivity index (χ2n) is 3.69. The summed E-state index contributed by atoms with van der Waals surface area (Å²) in [4.78, 5) is 12.2. The zero-order valence-electron chi connectivity index (χ0n) is 8.46. The van der Waals surface area contributed by atoms with Crippen molar-refractivity contribution in [3.8, 4) is 0 Å². The fourth-order valence-corrected chi connectivity index (χ4v) is 2.21. The Labute approximate surface area is 83.8 Å². The minimum absolute atomic E-state index is 0.264. The summed E-state index contributed by atoms with van der Waals surface area (Å²) in [6.45, 7) is 6.29. The van der Waals surface area contributed by atoms with E-state index in [0.717, 1.165) is 11.3 Å². The molecule has 0 atom stereocenters. The van der Waals surface area contributed by atoms with Crippen LogP contribution in [0.1, 0.15) is 42.4 Å². The van der Waals surface area contributed by atoms with E-state index in [1.165, 1.54) is 5.56 Å². The molecule has 0 aliphatic carbocycles. The SMILES string of the molecule is CCC(=O)c1cc(CC(C)C)cs1. The topological polar surface area (TPSA) is 17.1 Å². The average molecular weight is 196 g/mol. The van der Waals surface area contributed by atoms with Crippen molar-refractivity contribution in [2.24, 2.45) is 5.92 Å². The van der Waals surface area contributed by atoms with Gasteiger partial charge in [0.05, 0.1) is 4.88 Å². The first kappa shape index (κ1) is 10.5. The summed E-state index contributed by atoms with van der Waals surface area (Å²) in [5.41, 5.74) is 1.30. The molecule has 1 aromatic rings. The molecule has 1 aromatic heterocycles. The van der Waals surface area contributed by atoms with Gasteiger partial charge in [0.15, 0.2) is 5.78 Å². The van der Waals surface area contributed by atoms with Gasteiger partial charge in [-0.15, -0.1) is 11.3 Å². The molecule has 0 fully saturated rings. The van der Waals surface area contributed by atoms with Gasteiger partial charge < -0.3 is 0 Å². The molecular weight excluding hydrogens is 180 g/mol. The van der Waals surface area contributed by atoms with E-state index in [1.807, 2.05) is 13.0 Å². The molecule has 0 saturated heterocycles. The van der Waals surface area contributed by atoms with Crippen molar-refractivity contribution in [1.82, 2.24) is 0 Å². The number of Topliss-reactive ketones (excluding diaryl/α,β-unsaturated/α-hetero) is 1. The van der Waals surface area contributed by atoms with Crippen LogP contribution in [0.4, 0.5) is 0 Å². The van der Waals surface area contributed by atoms with Crippen LogP contribution >= 0.6 is 11.3 Å². The van der Waals surface area contributed by atoms with Crippen LogP contribution in [0, 0.1) is 5.92 Å². The average Bonchev–Trinajstić information content (AvgIpc) is 2.50. The molecule has 0 aromatic carbocycles. The van der Waals surface area contributed by atoms with Gasteiger partial charge in [-0.1, -0.05) is 20.8 Å². The van der Waals surface area contributed by atoms with Crippen LogP contribution in [0.5, 0.6) is 0 Å². The standard InChI is InChI=1S/C11H16OS/c1-4-10(12)11-6-9(7-13-11)5-8(2)3/h6-8H,4-5H2,1-3H3. The van der Waals surface area contributed by atoms with Crippen molar-refractivity contribution in [3.63, 3.8) is 0 Å². The lowest BCUT2D eigenvalue weighted by Crippen LogP contribution is -1.93. The Kier molecular flexibility index (Phi) is 3.67. The van der Waals surface area contributed by atoms with Gasteiger partial charge in [0.1, 0.15) is 0 Å². The van der Waals surface area contributed by atoms with Gasteiger partial charge in [-0.05, 0) is 29.3 Å². The van der Waals surface area contributed by atoms with Gasteiger partial charge in [-0.2, -0.15) is 0 Å². The fourth-order valence-electron chi connectivity index (χ4n) is 1.27. The van der Waals surface area contributed by atoms with Crippen molar-refractivity contribution >= 4 is 17.1 Å². The Morgan fingerprint density at radius 3 is 2.77 bits per heavy atom. The van der Waals surface area contributed by atoms with E-state index in [2.05, 4.69) is 19.2 Å². The van der Waals surface area contributed by atoms with Gasteiger partial charge in [0.25, 0.3) is 0 Å². The number of carbonyl (C=O) groups is 1. The molecule has 0 spiro atoms. The molecule has 13 heavy (non-hydrogen) atoms. The first-order valence-electron chi connectivity index (χ1n) is 4.74. The third kappa shape index (κ3) is 2.96. The maximum atomic E-state index is 11.3. The molecule has 1 nitrogen and oxygen atoms in total. The third-order valence-electron chi connectivity index (χ3n) is 1.89. The number of hydrogen-bond acceptors (Lipinski definition) is 2. The minimum Gasteiger partial charge on any atom is -0.293 e. The van der Waals surface area contributed by atoms with E-state index >= 15 is 0 Å². The molecule has 0 amide bonds. The lowest BCUT2D eigenvalue weighted by Gasteiger charge is -1.99. The molecule has 0 saturated carbocycles. The minimum atomic E-state index is 0.264. The third-order valence-corrected chi connectivity index (χ3v) is 2.91. The lowest BCUT2D eigenvalue weighted by atomic mass is 10.1. The van der Waals surface area contributed by atoms with E-state index in [4.69, 9.17) is 0 Å². The van der Waals surface area contributed by atoms with Gasteiger partial charge in [-0.25, -0.2) is 0 Å². The maximum absolute atomic E-state index is 11.3. The van der Waals surface area contributed by atoms with E-state index in [9.17, 15) is 4.79 Å². The molecule has 0 bridgehead atoms. The zero-order valence-corrected chi connectivity index (χ0v) is 9.28. The first-order chi connectivity index (χ1) is 6.13. The summed E-state index contributed by atoms with van der Waals surface area (Å²) in [5, 5.41) is 2.10. The number of ketones is 1. The zero-order chi connectivity index (χ0) is 9.84. The molecular formula is C11H16OS.